The fraction of sp³-hybridized carbons (Fsp3) is 0.143. The van der Waals surface area contributed by atoms with Gasteiger partial charge in [0.2, 0.25) is 0 Å². The Morgan fingerprint density at radius 1 is 0.562 bits per heavy atom. The van der Waals surface area contributed by atoms with Gasteiger partial charge in [-0.2, -0.15) is 0 Å². The second-order valence-electron chi connectivity index (χ2n) is 3.87. The SMILES string of the molecule is Cc1ccc([P][P]c2ccc(C)cc2)cc1. The van der Waals surface area contributed by atoms with Gasteiger partial charge in [0.25, 0.3) is 0 Å². The van der Waals surface area contributed by atoms with E-state index in [0.29, 0.717) is 0 Å². The van der Waals surface area contributed by atoms with Crippen LogP contribution in [0.1, 0.15) is 11.1 Å². The third-order valence-electron chi connectivity index (χ3n) is 2.35. The van der Waals surface area contributed by atoms with E-state index in [-0.39, 0.29) is 0 Å². The highest BCUT2D eigenvalue weighted by molar-refractivity contribution is 8.18. The molecule has 0 aliphatic heterocycles. The van der Waals surface area contributed by atoms with Gasteiger partial charge in [0, 0.05) is 0 Å². The minimum Gasteiger partial charge on any atom is -0.0587 e. The van der Waals surface area contributed by atoms with Crippen molar-refractivity contribution in [3.63, 3.8) is 0 Å². The van der Waals surface area contributed by atoms with E-state index >= 15 is 0 Å². The molecule has 0 N–H and O–H groups in total. The van der Waals surface area contributed by atoms with E-state index < -0.39 is 0 Å². The van der Waals surface area contributed by atoms with Crippen molar-refractivity contribution in [3.05, 3.63) is 59.7 Å². The molecule has 2 heteroatoms. The van der Waals surface area contributed by atoms with E-state index in [0.717, 1.165) is 0 Å². The Kier molecular flexibility index (Phi) is 4.10. The molecule has 2 rings (SSSR count). The van der Waals surface area contributed by atoms with Crippen molar-refractivity contribution in [1.29, 1.82) is 0 Å². The Labute approximate surface area is 101 Å². The minimum absolute atomic E-state index is 1.32. The lowest BCUT2D eigenvalue weighted by Gasteiger charge is -2.01. The van der Waals surface area contributed by atoms with E-state index in [1.165, 1.54) is 38.3 Å². The van der Waals surface area contributed by atoms with Gasteiger partial charge in [-0.15, -0.1) is 0 Å². The molecule has 2 radical (unpaired) electrons. The Balaban J connectivity index is 1.97. The van der Waals surface area contributed by atoms with Gasteiger partial charge in [-0.25, -0.2) is 0 Å². The number of benzene rings is 2. The normalized spacial score (nSPS) is 11.9. The van der Waals surface area contributed by atoms with E-state index in [1.807, 2.05) is 0 Å². The summed E-state index contributed by atoms with van der Waals surface area (Å²) < 4.78 is 0. The Bertz CT molecular complexity index is 398. The lowest BCUT2D eigenvalue weighted by Crippen LogP contribution is -1.94. The average Bonchev–Trinajstić information content (AvgIpc) is 2.30. The lowest BCUT2D eigenvalue weighted by molar-refractivity contribution is 1.49. The zero-order valence-electron chi connectivity index (χ0n) is 9.51. The first-order chi connectivity index (χ1) is 7.74. The van der Waals surface area contributed by atoms with Crippen molar-refractivity contribution in [2.45, 2.75) is 13.8 Å². The van der Waals surface area contributed by atoms with Crippen LogP contribution in [0.25, 0.3) is 0 Å². The van der Waals surface area contributed by atoms with E-state index in [4.69, 9.17) is 0 Å². The van der Waals surface area contributed by atoms with Crippen molar-refractivity contribution < 1.29 is 0 Å². The molecule has 0 saturated carbocycles. The van der Waals surface area contributed by atoms with Crippen LogP contribution in [0.3, 0.4) is 0 Å². The van der Waals surface area contributed by atoms with Crippen LogP contribution in [0.15, 0.2) is 48.5 Å². The minimum atomic E-state index is 1.32. The first-order valence-corrected chi connectivity index (χ1v) is 7.78. The summed E-state index contributed by atoms with van der Waals surface area (Å²) in [5.41, 5.74) is 2.65. The average molecular weight is 244 g/mol. The second kappa shape index (κ2) is 5.58. The molecule has 0 aliphatic carbocycles. The van der Waals surface area contributed by atoms with Gasteiger partial charge in [0.1, 0.15) is 0 Å². The van der Waals surface area contributed by atoms with Crippen molar-refractivity contribution in [2.75, 3.05) is 0 Å². The molecule has 2 aromatic carbocycles. The highest BCUT2D eigenvalue weighted by Gasteiger charge is 1.97. The number of hydrogen-bond donors (Lipinski definition) is 0. The molecular formula is C14H14P2. The predicted molar refractivity (Wildman–Crippen MR) is 75.5 cm³/mol. The smallest absolute Gasteiger partial charge is 0.00563 e. The monoisotopic (exact) mass is 244 g/mol. The molecule has 0 atom stereocenters. The standard InChI is InChI=1S/C14H14P2/c1-11-3-7-13(8-4-11)15-16-14-9-5-12(2)6-10-14/h3-10H,1-2H3. The molecule has 0 saturated heterocycles. The molecule has 0 amide bonds. The summed E-state index contributed by atoms with van der Waals surface area (Å²) in [5.74, 6) is 0. The van der Waals surface area contributed by atoms with Crippen LogP contribution >= 0.6 is 16.5 Å². The van der Waals surface area contributed by atoms with Crippen LogP contribution in [0, 0.1) is 13.8 Å². The summed E-state index contributed by atoms with van der Waals surface area (Å²) >= 11 is 0. The highest BCUT2D eigenvalue weighted by Crippen LogP contribution is 2.34. The van der Waals surface area contributed by atoms with Crippen LogP contribution in [0.4, 0.5) is 0 Å². The zero-order chi connectivity index (χ0) is 11.4. The van der Waals surface area contributed by atoms with E-state index in [2.05, 4.69) is 62.4 Å². The number of aryl methyl sites for hydroxylation is 2. The first kappa shape index (κ1) is 11.8. The molecule has 2 aromatic rings. The van der Waals surface area contributed by atoms with Gasteiger partial charge in [-0.3, -0.25) is 0 Å². The fourth-order valence-electron chi connectivity index (χ4n) is 1.34. The van der Waals surface area contributed by atoms with Crippen LogP contribution in [0.2, 0.25) is 0 Å². The third kappa shape index (κ3) is 3.41. The number of rotatable bonds is 3. The lowest BCUT2D eigenvalue weighted by atomic mass is 10.2. The second-order valence-corrected chi connectivity index (χ2v) is 6.50. The molecule has 0 nitrogen and oxygen atoms in total. The van der Waals surface area contributed by atoms with Gasteiger partial charge in [0.05, 0.1) is 0 Å². The van der Waals surface area contributed by atoms with E-state index in [9.17, 15) is 0 Å². The molecule has 16 heavy (non-hydrogen) atoms. The van der Waals surface area contributed by atoms with Crippen molar-refractivity contribution in [2.24, 2.45) is 0 Å². The Hall–Kier alpha value is -0.700. The third-order valence-corrected chi connectivity index (χ3v) is 5.19. The predicted octanol–water partition coefficient (Wildman–Crippen LogP) is 4.06. The Morgan fingerprint density at radius 2 is 0.875 bits per heavy atom. The maximum Gasteiger partial charge on any atom is -0.00563 e. The molecule has 0 spiro atoms. The topological polar surface area (TPSA) is 0 Å². The van der Waals surface area contributed by atoms with Crippen LogP contribution < -0.4 is 10.6 Å². The molecule has 0 unspecified atom stereocenters. The molecule has 0 fully saturated rings. The van der Waals surface area contributed by atoms with Gasteiger partial charge in [-0.1, -0.05) is 59.7 Å². The summed E-state index contributed by atoms with van der Waals surface area (Å²) in [6, 6.07) is 17.5. The van der Waals surface area contributed by atoms with E-state index in [1.54, 1.807) is 0 Å². The molecule has 0 aromatic heterocycles. The summed E-state index contributed by atoms with van der Waals surface area (Å²) in [4.78, 5) is 0. The largest absolute Gasteiger partial charge is 0.0587 e. The van der Waals surface area contributed by atoms with Gasteiger partial charge in [-0.05, 0) is 41.0 Å². The highest BCUT2D eigenvalue weighted by atomic mass is 32.0. The zero-order valence-corrected chi connectivity index (χ0v) is 11.3. The maximum absolute atomic E-state index is 2.21. The summed E-state index contributed by atoms with van der Waals surface area (Å²) in [7, 11) is 2.71. The fourth-order valence-corrected chi connectivity index (χ4v) is 3.63. The van der Waals surface area contributed by atoms with Gasteiger partial charge >= 0.3 is 0 Å². The van der Waals surface area contributed by atoms with Gasteiger partial charge < -0.3 is 0 Å². The Morgan fingerprint density at radius 3 is 1.19 bits per heavy atom. The van der Waals surface area contributed by atoms with Crippen LogP contribution in [-0.2, 0) is 0 Å². The van der Waals surface area contributed by atoms with Crippen LogP contribution in [0.5, 0.6) is 0 Å². The molecule has 0 heterocycles. The van der Waals surface area contributed by atoms with Crippen LogP contribution in [-0.4, -0.2) is 0 Å². The van der Waals surface area contributed by atoms with Crippen molar-refractivity contribution >= 4 is 27.1 Å². The maximum atomic E-state index is 2.21. The first-order valence-electron chi connectivity index (χ1n) is 5.29. The molecular weight excluding hydrogens is 230 g/mol. The van der Waals surface area contributed by atoms with Crippen molar-refractivity contribution in [1.82, 2.24) is 0 Å². The summed E-state index contributed by atoms with van der Waals surface area (Å²) in [6.07, 6.45) is 0. The van der Waals surface area contributed by atoms with Gasteiger partial charge in [0.15, 0.2) is 0 Å². The molecule has 80 valence electrons. The summed E-state index contributed by atoms with van der Waals surface area (Å²) in [5, 5.41) is 2.76. The quantitative estimate of drug-likeness (QED) is 0.714. The molecule has 0 bridgehead atoms. The summed E-state index contributed by atoms with van der Waals surface area (Å²) in [6.45, 7) is 4.25. The molecule has 0 aliphatic rings. The number of hydrogen-bond acceptors (Lipinski definition) is 0. The van der Waals surface area contributed by atoms with Crippen molar-refractivity contribution in [3.8, 4) is 0 Å².